The highest BCUT2D eigenvalue weighted by molar-refractivity contribution is 6.05. The minimum Gasteiger partial charge on any atom is -0.324 e. The topological polar surface area (TPSA) is 66.5 Å². The average Bonchev–Trinajstić information content (AvgIpc) is 2.83. The third-order valence-electron chi connectivity index (χ3n) is 4.59. The molecule has 1 aromatic carbocycles. The van der Waals surface area contributed by atoms with E-state index in [0.29, 0.717) is 25.3 Å². The highest BCUT2D eigenvalue weighted by Crippen LogP contribution is 2.35. The van der Waals surface area contributed by atoms with Gasteiger partial charge in [0, 0.05) is 19.0 Å². The fourth-order valence-electron chi connectivity index (χ4n) is 3.29. The number of allylic oxidation sites excluding steroid dienone is 2. The number of likely N-dealkylation sites (tertiary alicyclic amines) is 1. The van der Waals surface area contributed by atoms with Crippen molar-refractivity contribution in [3.05, 3.63) is 42.0 Å². The van der Waals surface area contributed by atoms with Crippen molar-refractivity contribution in [2.45, 2.75) is 25.7 Å². The Hall–Kier alpha value is -2.57. The van der Waals surface area contributed by atoms with Crippen molar-refractivity contribution in [3.8, 4) is 0 Å². The summed E-state index contributed by atoms with van der Waals surface area (Å²) in [5.41, 5.74) is -0.100. The Morgan fingerprint density at radius 3 is 2.36 bits per heavy atom. The molecule has 2 aliphatic rings. The van der Waals surface area contributed by atoms with Gasteiger partial charge in [0.2, 0.25) is 17.7 Å². The number of rotatable bonds is 5. The predicted octanol–water partition coefficient (Wildman–Crippen LogP) is 2.63. The second kappa shape index (κ2) is 7.13. The van der Waals surface area contributed by atoms with Crippen LogP contribution in [-0.2, 0) is 14.4 Å². The molecule has 1 aliphatic carbocycles. The van der Waals surface area contributed by atoms with Gasteiger partial charge in [-0.1, -0.05) is 12.2 Å². The van der Waals surface area contributed by atoms with Gasteiger partial charge in [0.05, 0.1) is 17.5 Å². The number of fused-ring (bicyclic) bond motifs is 1. The van der Waals surface area contributed by atoms with Crippen molar-refractivity contribution >= 4 is 23.4 Å². The van der Waals surface area contributed by atoms with Crippen LogP contribution in [0.15, 0.2) is 30.4 Å². The van der Waals surface area contributed by atoms with Gasteiger partial charge in [0.25, 0.3) is 0 Å². The van der Waals surface area contributed by atoms with Crippen LogP contribution >= 0.6 is 0 Å². The zero-order valence-electron chi connectivity index (χ0n) is 13.5. The standard InChI is InChI=1S/C18H18F2N2O3/c19-11-7-8-15(14(20)10-11)21-16(23)6-3-9-22-17(24)12-4-1-2-5-13(12)18(22)25/h1-2,7-8,10,12-13H,3-6,9H2,(H,21,23). The first-order valence-corrected chi connectivity index (χ1v) is 8.22. The van der Waals surface area contributed by atoms with Crippen molar-refractivity contribution in [3.63, 3.8) is 0 Å². The molecular weight excluding hydrogens is 330 g/mol. The van der Waals surface area contributed by atoms with Crippen molar-refractivity contribution in [2.75, 3.05) is 11.9 Å². The summed E-state index contributed by atoms with van der Waals surface area (Å²) in [4.78, 5) is 37.7. The smallest absolute Gasteiger partial charge is 0.233 e. The molecule has 1 heterocycles. The van der Waals surface area contributed by atoms with E-state index in [4.69, 9.17) is 0 Å². The number of carbonyl (C=O) groups excluding carboxylic acids is 3. The molecule has 25 heavy (non-hydrogen) atoms. The summed E-state index contributed by atoms with van der Waals surface area (Å²) in [6.07, 6.45) is 5.31. The molecule has 3 amide bonds. The van der Waals surface area contributed by atoms with Gasteiger partial charge in [-0.2, -0.15) is 0 Å². The molecule has 2 atom stereocenters. The van der Waals surface area contributed by atoms with E-state index in [0.717, 1.165) is 12.1 Å². The Morgan fingerprint density at radius 1 is 1.12 bits per heavy atom. The Kier molecular flexibility index (Phi) is 4.92. The van der Waals surface area contributed by atoms with Crippen LogP contribution in [0.3, 0.4) is 0 Å². The molecule has 0 saturated carbocycles. The summed E-state index contributed by atoms with van der Waals surface area (Å²) in [5, 5.41) is 2.36. The highest BCUT2D eigenvalue weighted by Gasteiger charge is 2.46. The molecular formula is C18H18F2N2O3. The maximum atomic E-state index is 13.5. The van der Waals surface area contributed by atoms with Gasteiger partial charge in [-0.3, -0.25) is 19.3 Å². The largest absolute Gasteiger partial charge is 0.324 e. The SMILES string of the molecule is O=C(CCCN1C(=O)C2CC=CCC2C1=O)Nc1ccc(F)cc1F. The van der Waals surface area contributed by atoms with Crippen molar-refractivity contribution < 1.29 is 23.2 Å². The van der Waals surface area contributed by atoms with Crippen LogP contribution in [0, 0.1) is 23.5 Å². The number of anilines is 1. The monoisotopic (exact) mass is 348 g/mol. The van der Waals surface area contributed by atoms with Crippen LogP contribution in [0.2, 0.25) is 0 Å². The molecule has 1 saturated heterocycles. The molecule has 7 heteroatoms. The van der Waals surface area contributed by atoms with Crippen LogP contribution < -0.4 is 5.32 Å². The van der Waals surface area contributed by atoms with Crippen LogP contribution in [0.25, 0.3) is 0 Å². The van der Waals surface area contributed by atoms with Gasteiger partial charge in [-0.05, 0) is 31.4 Å². The lowest BCUT2D eigenvalue weighted by Gasteiger charge is -2.14. The maximum absolute atomic E-state index is 13.5. The zero-order valence-corrected chi connectivity index (χ0v) is 13.5. The highest BCUT2D eigenvalue weighted by atomic mass is 19.1. The molecule has 0 aromatic heterocycles. The Balaban J connectivity index is 1.50. The average molecular weight is 348 g/mol. The molecule has 0 radical (unpaired) electrons. The molecule has 3 rings (SSSR count). The van der Waals surface area contributed by atoms with Gasteiger partial charge in [-0.15, -0.1) is 0 Å². The summed E-state index contributed by atoms with van der Waals surface area (Å²) in [5.74, 6) is -2.94. The normalized spacial score (nSPS) is 22.2. The van der Waals surface area contributed by atoms with Gasteiger partial charge >= 0.3 is 0 Å². The molecule has 2 unspecified atom stereocenters. The number of hydrogen-bond donors (Lipinski definition) is 1. The third kappa shape index (κ3) is 3.60. The number of nitrogens with one attached hydrogen (secondary N) is 1. The number of hydrogen-bond acceptors (Lipinski definition) is 3. The first-order chi connectivity index (χ1) is 12.0. The van der Waals surface area contributed by atoms with E-state index in [-0.39, 0.29) is 42.3 Å². The quantitative estimate of drug-likeness (QED) is 0.657. The Labute approximate surface area is 143 Å². The lowest BCUT2D eigenvalue weighted by atomic mass is 9.85. The summed E-state index contributed by atoms with van der Waals surface area (Å²) in [6.45, 7) is 0.171. The molecule has 0 bridgehead atoms. The van der Waals surface area contributed by atoms with E-state index < -0.39 is 17.5 Å². The van der Waals surface area contributed by atoms with Gasteiger partial charge in [0.15, 0.2) is 0 Å². The van der Waals surface area contributed by atoms with Gasteiger partial charge in [-0.25, -0.2) is 8.78 Å². The fourth-order valence-corrected chi connectivity index (χ4v) is 3.29. The van der Waals surface area contributed by atoms with Crippen molar-refractivity contribution in [2.24, 2.45) is 11.8 Å². The van der Waals surface area contributed by atoms with Crippen molar-refractivity contribution in [1.29, 1.82) is 0 Å². The van der Waals surface area contributed by atoms with E-state index >= 15 is 0 Å². The third-order valence-corrected chi connectivity index (χ3v) is 4.59. The number of benzene rings is 1. The number of halogens is 2. The van der Waals surface area contributed by atoms with E-state index in [9.17, 15) is 23.2 Å². The molecule has 5 nitrogen and oxygen atoms in total. The second-order valence-corrected chi connectivity index (χ2v) is 6.26. The van der Waals surface area contributed by atoms with E-state index in [1.165, 1.54) is 4.90 Å². The first kappa shape index (κ1) is 17.3. The number of amides is 3. The van der Waals surface area contributed by atoms with Crippen LogP contribution in [0.1, 0.15) is 25.7 Å². The lowest BCUT2D eigenvalue weighted by molar-refractivity contribution is -0.140. The molecule has 1 aliphatic heterocycles. The zero-order chi connectivity index (χ0) is 18.0. The molecule has 1 fully saturated rings. The minimum absolute atomic E-state index is 0.0292. The van der Waals surface area contributed by atoms with Gasteiger partial charge < -0.3 is 5.32 Å². The maximum Gasteiger partial charge on any atom is 0.233 e. The van der Waals surface area contributed by atoms with E-state index in [1.807, 2.05) is 12.2 Å². The summed E-state index contributed by atoms with van der Waals surface area (Å²) in [7, 11) is 0. The van der Waals surface area contributed by atoms with Gasteiger partial charge in [0.1, 0.15) is 11.6 Å². The van der Waals surface area contributed by atoms with Crippen LogP contribution in [0.5, 0.6) is 0 Å². The van der Waals surface area contributed by atoms with Crippen LogP contribution in [0.4, 0.5) is 14.5 Å². The second-order valence-electron chi connectivity index (χ2n) is 6.26. The van der Waals surface area contributed by atoms with E-state index in [2.05, 4.69) is 5.32 Å². The first-order valence-electron chi connectivity index (χ1n) is 8.22. The number of nitrogens with zero attached hydrogens (tertiary/aromatic N) is 1. The lowest BCUT2D eigenvalue weighted by Crippen LogP contribution is -2.32. The van der Waals surface area contributed by atoms with E-state index in [1.54, 1.807) is 0 Å². The summed E-state index contributed by atoms with van der Waals surface area (Å²) >= 11 is 0. The van der Waals surface area contributed by atoms with Crippen LogP contribution in [-0.4, -0.2) is 29.2 Å². The summed E-state index contributed by atoms with van der Waals surface area (Å²) < 4.78 is 26.3. The minimum atomic E-state index is -0.852. The molecule has 132 valence electrons. The predicted molar refractivity (Wildman–Crippen MR) is 86.3 cm³/mol. The number of imide groups is 1. The van der Waals surface area contributed by atoms with Crippen molar-refractivity contribution in [1.82, 2.24) is 4.90 Å². The fraction of sp³-hybridized carbons (Fsp3) is 0.389. The molecule has 0 spiro atoms. The molecule has 1 aromatic rings. The number of carbonyl (C=O) groups is 3. The molecule has 1 N–H and O–H groups in total. The Morgan fingerprint density at radius 2 is 1.76 bits per heavy atom. The summed E-state index contributed by atoms with van der Waals surface area (Å²) in [6, 6.07) is 2.89. The Bertz CT molecular complexity index is 722.